The summed E-state index contributed by atoms with van der Waals surface area (Å²) >= 11 is 0. The summed E-state index contributed by atoms with van der Waals surface area (Å²) in [5.74, 6) is 0.613. The maximum atomic E-state index is 11.0. The van der Waals surface area contributed by atoms with Crippen LogP contribution >= 0.6 is 0 Å². The molecule has 0 radical (unpaired) electrons. The van der Waals surface area contributed by atoms with Crippen LogP contribution in [0, 0.1) is 0 Å². The van der Waals surface area contributed by atoms with E-state index in [-0.39, 0.29) is 12.5 Å². The second kappa shape index (κ2) is 21.1. The molecule has 0 atom stereocenters. The smallest absolute Gasteiger partial charge is 0.221 e. The summed E-state index contributed by atoms with van der Waals surface area (Å²) in [6.45, 7) is 7.67. The molecule has 0 fully saturated rings. The summed E-state index contributed by atoms with van der Waals surface area (Å²) in [6, 6.07) is 7.16. The predicted octanol–water partition coefficient (Wildman–Crippen LogP) is 1.12. The molecular weight excluding hydrogens is 422 g/mol. The van der Waals surface area contributed by atoms with E-state index in [2.05, 4.69) is 5.32 Å². The number of nitrogens with one attached hydrogen (secondary N) is 1. The third-order valence-corrected chi connectivity index (χ3v) is 3.77. The average Bonchev–Trinajstić information content (AvgIpc) is 2.78. The van der Waals surface area contributed by atoms with E-state index >= 15 is 0 Å². The van der Waals surface area contributed by atoms with Gasteiger partial charge >= 0.3 is 0 Å². The molecule has 0 spiro atoms. The minimum absolute atomic E-state index is 0.0254. The molecule has 0 aliphatic rings. The minimum Gasteiger partial charge on any atom is -0.491 e. The van der Waals surface area contributed by atoms with Gasteiger partial charge in [-0.15, -0.1) is 0 Å². The first kappa shape index (κ1) is 28.2. The minimum atomic E-state index is -0.106. The Bertz CT molecular complexity index is 557. The number of carbonyl (C=O) groups excluding carboxylic acids is 1. The molecule has 1 rings (SSSR count). The van der Waals surface area contributed by atoms with Gasteiger partial charge < -0.3 is 43.6 Å². The van der Waals surface area contributed by atoms with E-state index in [0.717, 1.165) is 11.4 Å². The molecule has 1 aromatic rings. The highest BCUT2D eigenvalue weighted by Crippen LogP contribution is 2.15. The molecule has 1 aromatic carbocycles. The SMILES string of the molecule is CC(=O)Nc1ccc(OCCOCCOCCOCCOCCOCCOCCO)cc1. The number of benzene rings is 1. The standard InChI is InChI=1S/C22H37NO9/c1-20(25)23-21-2-4-22(5-3-21)32-19-18-31-17-16-30-15-14-29-13-12-28-11-10-27-9-8-26-7-6-24/h2-5,24H,6-19H2,1H3,(H,23,25). The monoisotopic (exact) mass is 459 g/mol. The van der Waals surface area contributed by atoms with Crippen molar-refractivity contribution in [2.24, 2.45) is 0 Å². The maximum absolute atomic E-state index is 11.0. The summed E-state index contributed by atoms with van der Waals surface area (Å²) in [5.41, 5.74) is 0.734. The molecule has 0 saturated heterocycles. The van der Waals surface area contributed by atoms with E-state index in [1.165, 1.54) is 6.92 Å². The lowest BCUT2D eigenvalue weighted by Gasteiger charge is -2.09. The Balaban J connectivity index is 1.76. The molecule has 32 heavy (non-hydrogen) atoms. The number of aliphatic hydroxyl groups is 1. The van der Waals surface area contributed by atoms with Crippen LogP contribution in [0.3, 0.4) is 0 Å². The number of hydrogen-bond donors (Lipinski definition) is 2. The molecule has 0 saturated carbocycles. The second-order valence-electron chi connectivity index (χ2n) is 6.45. The van der Waals surface area contributed by atoms with Crippen LogP contribution in [-0.4, -0.2) is 104 Å². The van der Waals surface area contributed by atoms with Gasteiger partial charge in [0.2, 0.25) is 5.91 Å². The lowest BCUT2D eigenvalue weighted by Crippen LogP contribution is -2.15. The Kier molecular flexibility index (Phi) is 18.6. The molecule has 0 bridgehead atoms. The molecule has 2 N–H and O–H groups in total. The molecular formula is C22H37NO9. The number of aliphatic hydroxyl groups excluding tert-OH is 1. The second-order valence-corrected chi connectivity index (χ2v) is 6.45. The Labute approximate surface area is 190 Å². The third kappa shape index (κ3) is 17.8. The first-order chi connectivity index (χ1) is 15.7. The van der Waals surface area contributed by atoms with Crippen molar-refractivity contribution in [2.45, 2.75) is 6.92 Å². The maximum Gasteiger partial charge on any atom is 0.221 e. The van der Waals surface area contributed by atoms with Crippen molar-refractivity contribution in [3.63, 3.8) is 0 Å². The first-order valence-corrected chi connectivity index (χ1v) is 10.8. The Hall–Kier alpha value is -1.79. The summed E-state index contributed by atoms with van der Waals surface area (Å²) in [5, 5.41) is 11.2. The number of rotatable bonds is 22. The quantitative estimate of drug-likeness (QED) is 0.246. The van der Waals surface area contributed by atoms with E-state index in [1.54, 1.807) is 24.3 Å². The van der Waals surface area contributed by atoms with Crippen molar-refractivity contribution in [3.8, 4) is 5.75 Å². The average molecular weight is 460 g/mol. The van der Waals surface area contributed by atoms with Crippen molar-refractivity contribution >= 4 is 11.6 Å². The Morgan fingerprint density at radius 3 is 1.41 bits per heavy atom. The molecule has 10 heteroatoms. The zero-order chi connectivity index (χ0) is 23.1. The molecule has 184 valence electrons. The number of carbonyl (C=O) groups is 1. The Morgan fingerprint density at radius 2 is 1.03 bits per heavy atom. The van der Waals surface area contributed by atoms with Gasteiger partial charge in [-0.1, -0.05) is 0 Å². The van der Waals surface area contributed by atoms with Gasteiger partial charge in [0.1, 0.15) is 12.4 Å². The molecule has 10 nitrogen and oxygen atoms in total. The topological polar surface area (TPSA) is 114 Å². The lowest BCUT2D eigenvalue weighted by molar-refractivity contribution is -0.114. The highest BCUT2D eigenvalue weighted by Gasteiger charge is 1.98. The van der Waals surface area contributed by atoms with Crippen LogP contribution in [0.2, 0.25) is 0 Å². The summed E-state index contributed by atoms with van der Waals surface area (Å²) in [7, 11) is 0. The van der Waals surface area contributed by atoms with Gasteiger partial charge in [-0.2, -0.15) is 0 Å². The summed E-state index contributed by atoms with van der Waals surface area (Å²) < 4.78 is 37.6. The largest absolute Gasteiger partial charge is 0.491 e. The van der Waals surface area contributed by atoms with E-state index in [0.29, 0.717) is 85.9 Å². The molecule has 0 aliphatic carbocycles. The van der Waals surface area contributed by atoms with Gasteiger partial charge in [-0.25, -0.2) is 0 Å². The van der Waals surface area contributed by atoms with Gasteiger partial charge in [0, 0.05) is 12.6 Å². The highest BCUT2D eigenvalue weighted by molar-refractivity contribution is 5.88. The van der Waals surface area contributed by atoms with Crippen molar-refractivity contribution in [1.82, 2.24) is 0 Å². The van der Waals surface area contributed by atoms with Crippen molar-refractivity contribution in [3.05, 3.63) is 24.3 Å². The number of anilines is 1. The first-order valence-electron chi connectivity index (χ1n) is 10.8. The fourth-order valence-corrected chi connectivity index (χ4v) is 2.32. The number of ether oxygens (including phenoxy) is 7. The molecule has 0 heterocycles. The van der Waals surface area contributed by atoms with Crippen LogP contribution in [0.5, 0.6) is 5.75 Å². The summed E-state index contributed by atoms with van der Waals surface area (Å²) in [4.78, 5) is 11.0. The van der Waals surface area contributed by atoms with Crippen LogP contribution in [0.4, 0.5) is 5.69 Å². The van der Waals surface area contributed by atoms with Crippen LogP contribution in [0.1, 0.15) is 6.92 Å². The van der Waals surface area contributed by atoms with Gasteiger partial charge in [0.05, 0.1) is 85.9 Å². The summed E-state index contributed by atoms with van der Waals surface area (Å²) in [6.07, 6.45) is 0. The number of hydrogen-bond acceptors (Lipinski definition) is 9. The van der Waals surface area contributed by atoms with Crippen LogP contribution in [0.25, 0.3) is 0 Å². The van der Waals surface area contributed by atoms with E-state index < -0.39 is 0 Å². The third-order valence-electron chi connectivity index (χ3n) is 3.77. The van der Waals surface area contributed by atoms with Gasteiger partial charge in [0.15, 0.2) is 0 Å². The van der Waals surface area contributed by atoms with E-state index in [9.17, 15) is 4.79 Å². The lowest BCUT2D eigenvalue weighted by atomic mass is 10.3. The molecule has 1 amide bonds. The molecule has 0 aliphatic heterocycles. The Morgan fingerprint density at radius 1 is 0.656 bits per heavy atom. The molecule has 0 unspecified atom stereocenters. The molecule has 0 aromatic heterocycles. The van der Waals surface area contributed by atoms with Crippen LogP contribution in [-0.2, 0) is 33.2 Å². The van der Waals surface area contributed by atoms with Gasteiger partial charge in [0.25, 0.3) is 0 Å². The fourth-order valence-electron chi connectivity index (χ4n) is 2.32. The normalized spacial score (nSPS) is 10.9. The predicted molar refractivity (Wildman–Crippen MR) is 118 cm³/mol. The van der Waals surface area contributed by atoms with Gasteiger partial charge in [-0.3, -0.25) is 4.79 Å². The van der Waals surface area contributed by atoms with E-state index in [4.69, 9.17) is 38.3 Å². The zero-order valence-electron chi connectivity index (χ0n) is 18.9. The highest BCUT2D eigenvalue weighted by atomic mass is 16.6. The van der Waals surface area contributed by atoms with Crippen LogP contribution in [0.15, 0.2) is 24.3 Å². The van der Waals surface area contributed by atoms with E-state index in [1.807, 2.05) is 0 Å². The van der Waals surface area contributed by atoms with Crippen molar-refractivity contribution in [2.75, 3.05) is 97.8 Å². The zero-order valence-corrected chi connectivity index (χ0v) is 18.9. The number of amides is 1. The van der Waals surface area contributed by atoms with Gasteiger partial charge in [-0.05, 0) is 24.3 Å². The fraction of sp³-hybridized carbons (Fsp3) is 0.682. The van der Waals surface area contributed by atoms with Crippen molar-refractivity contribution < 1.29 is 43.1 Å². The van der Waals surface area contributed by atoms with Crippen molar-refractivity contribution in [1.29, 1.82) is 0 Å². The van der Waals surface area contributed by atoms with Crippen LogP contribution < -0.4 is 10.1 Å².